The number of hydrogen-bond acceptors (Lipinski definition) is 6. The minimum atomic E-state index is -4.54. The van der Waals surface area contributed by atoms with Gasteiger partial charge in [-0.3, -0.25) is 14.6 Å². The molecule has 2 fully saturated rings. The smallest absolute Gasteiger partial charge is 0.416 e. The second-order valence-electron chi connectivity index (χ2n) is 12.2. The standard InChI is InChI=1S/C33H36F3N6O4S/c1-23-21-26(30(43)41-18-16-40(17-19-41)28-7-2-3-13-37-28)9-8-24(23)10-20-47(45,46)42-14-11-32(12-15-42)31(44)38-29(39-32)25-5-4-6-27(22-25)33(34,35)36/h2-9,21-22H,10-20H2,1H3,(H,38,39,44)/q-1. The number of rotatable bonds is 7. The first-order valence-electron chi connectivity index (χ1n) is 15.6. The fourth-order valence-corrected chi connectivity index (χ4v) is 7.86. The SMILES string of the molecule is Cc1cc(C(=O)N2CCN(C3=CC=CC[N-]3)CC2)ccc1CCS(=O)(=O)N1CCC2(CC1)N=C(c1cccc(C(F)(F)F)c1)NC2=O. The molecule has 2 aromatic rings. The zero-order valence-corrected chi connectivity index (χ0v) is 26.8. The maximum Gasteiger partial charge on any atom is 0.416 e. The fourth-order valence-electron chi connectivity index (χ4n) is 6.39. The van der Waals surface area contributed by atoms with Gasteiger partial charge >= 0.3 is 6.18 Å². The predicted octanol–water partition coefficient (Wildman–Crippen LogP) is 3.84. The Balaban J connectivity index is 1.03. The molecule has 1 N–H and O–H groups in total. The van der Waals surface area contributed by atoms with Gasteiger partial charge in [0, 0.05) is 37.3 Å². The van der Waals surface area contributed by atoms with Crippen molar-refractivity contribution < 1.29 is 31.2 Å². The van der Waals surface area contributed by atoms with Crippen molar-refractivity contribution in [2.45, 2.75) is 37.9 Å². The summed E-state index contributed by atoms with van der Waals surface area (Å²) in [5.74, 6) is 0.362. The zero-order chi connectivity index (χ0) is 33.4. The average Bonchev–Trinajstić information content (AvgIpc) is 3.38. The molecule has 2 amide bonds. The topological polar surface area (TPSA) is 116 Å². The lowest BCUT2D eigenvalue weighted by atomic mass is 9.89. The van der Waals surface area contributed by atoms with Crippen LogP contribution in [0.1, 0.15) is 45.5 Å². The third kappa shape index (κ3) is 6.93. The Labute approximate surface area is 272 Å². The lowest BCUT2D eigenvalue weighted by Gasteiger charge is -2.44. The molecule has 0 bridgehead atoms. The highest BCUT2D eigenvalue weighted by atomic mass is 32.2. The minimum Gasteiger partial charge on any atom is -0.465 e. The number of amides is 2. The quantitative estimate of drug-likeness (QED) is 0.481. The molecule has 250 valence electrons. The monoisotopic (exact) mass is 669 g/mol. The number of nitrogens with one attached hydrogen (secondary N) is 1. The number of hydrogen-bond donors (Lipinski definition) is 1. The van der Waals surface area contributed by atoms with Crippen LogP contribution >= 0.6 is 0 Å². The number of piperazine rings is 1. The summed E-state index contributed by atoms with van der Waals surface area (Å²) in [5.41, 5.74) is 0.302. The average molecular weight is 670 g/mol. The summed E-state index contributed by atoms with van der Waals surface area (Å²) >= 11 is 0. The predicted molar refractivity (Wildman–Crippen MR) is 171 cm³/mol. The van der Waals surface area contributed by atoms with Crippen molar-refractivity contribution in [3.8, 4) is 0 Å². The van der Waals surface area contributed by atoms with Gasteiger partial charge in [0.15, 0.2) is 0 Å². The Kier molecular flexibility index (Phi) is 8.92. The molecule has 0 aliphatic carbocycles. The molecule has 0 radical (unpaired) electrons. The first-order valence-corrected chi connectivity index (χ1v) is 17.2. The van der Waals surface area contributed by atoms with Crippen molar-refractivity contribution in [1.29, 1.82) is 0 Å². The van der Waals surface area contributed by atoms with Crippen molar-refractivity contribution in [2.75, 3.05) is 51.6 Å². The van der Waals surface area contributed by atoms with Crippen molar-refractivity contribution in [2.24, 2.45) is 4.99 Å². The maximum absolute atomic E-state index is 13.3. The number of piperidine rings is 1. The molecular weight excluding hydrogens is 633 g/mol. The summed E-state index contributed by atoms with van der Waals surface area (Å²) < 4.78 is 67.5. The van der Waals surface area contributed by atoms with Crippen molar-refractivity contribution in [3.05, 3.63) is 99.6 Å². The van der Waals surface area contributed by atoms with Crippen LogP contribution in [0.15, 0.2) is 71.5 Å². The molecule has 0 aromatic heterocycles. The molecule has 6 rings (SSSR count). The Morgan fingerprint density at radius 1 is 1.04 bits per heavy atom. The molecule has 47 heavy (non-hydrogen) atoms. The Bertz CT molecular complexity index is 1760. The highest BCUT2D eigenvalue weighted by molar-refractivity contribution is 7.89. The molecule has 1 spiro atoms. The van der Waals surface area contributed by atoms with Crippen LogP contribution in [-0.4, -0.2) is 97.3 Å². The number of alkyl halides is 3. The van der Waals surface area contributed by atoms with E-state index in [0.29, 0.717) is 38.3 Å². The molecule has 4 aliphatic rings. The first-order chi connectivity index (χ1) is 22.3. The maximum atomic E-state index is 13.3. The number of carbonyl (C=O) groups is 2. The van der Waals surface area contributed by atoms with Crippen LogP contribution in [-0.2, 0) is 27.4 Å². The second kappa shape index (κ2) is 12.8. The molecule has 0 unspecified atom stereocenters. The van der Waals surface area contributed by atoms with Crippen LogP contribution in [0.3, 0.4) is 0 Å². The van der Waals surface area contributed by atoms with Crippen molar-refractivity contribution in [3.63, 3.8) is 0 Å². The van der Waals surface area contributed by atoms with Crippen LogP contribution in [0.5, 0.6) is 0 Å². The van der Waals surface area contributed by atoms with Crippen LogP contribution in [0.4, 0.5) is 13.2 Å². The highest BCUT2D eigenvalue weighted by Crippen LogP contribution is 2.34. The summed E-state index contributed by atoms with van der Waals surface area (Å²) in [5, 5.41) is 7.11. The van der Waals surface area contributed by atoms with Crippen LogP contribution in [0.2, 0.25) is 0 Å². The van der Waals surface area contributed by atoms with Gasteiger partial charge in [0.05, 0.1) is 11.3 Å². The number of halogens is 3. The van der Waals surface area contributed by atoms with Gasteiger partial charge in [-0.15, -0.1) is 0 Å². The summed E-state index contributed by atoms with van der Waals surface area (Å²) in [6, 6.07) is 9.96. The van der Waals surface area contributed by atoms with Gasteiger partial charge in [0.25, 0.3) is 11.8 Å². The van der Waals surface area contributed by atoms with E-state index in [1.54, 1.807) is 6.07 Å². The first kappa shape index (κ1) is 32.8. The fraction of sp³-hybridized carbons (Fsp3) is 0.424. The number of aryl methyl sites for hydroxylation is 2. The van der Waals surface area contributed by atoms with Gasteiger partial charge in [0.2, 0.25) is 10.0 Å². The van der Waals surface area contributed by atoms with Crippen molar-refractivity contribution in [1.82, 2.24) is 19.4 Å². The lowest BCUT2D eigenvalue weighted by molar-refractivity contribution is -0.137. The van der Waals surface area contributed by atoms with E-state index >= 15 is 0 Å². The highest BCUT2D eigenvalue weighted by Gasteiger charge is 2.47. The molecule has 14 heteroatoms. The van der Waals surface area contributed by atoms with Gasteiger partial charge in [-0.1, -0.05) is 42.2 Å². The number of aliphatic imine (C=N–C) groups is 1. The molecule has 10 nitrogen and oxygen atoms in total. The van der Waals surface area contributed by atoms with Gasteiger partial charge < -0.3 is 20.4 Å². The molecule has 2 saturated heterocycles. The minimum absolute atomic E-state index is 0.0570. The number of benzene rings is 2. The van der Waals surface area contributed by atoms with E-state index in [2.05, 4.69) is 20.5 Å². The number of allylic oxidation sites excluding steroid dienone is 2. The van der Waals surface area contributed by atoms with E-state index in [1.807, 2.05) is 42.2 Å². The molecule has 4 heterocycles. The van der Waals surface area contributed by atoms with Gasteiger partial charge in [-0.2, -0.15) is 13.2 Å². The second-order valence-corrected chi connectivity index (χ2v) is 14.3. The van der Waals surface area contributed by atoms with Crippen molar-refractivity contribution >= 4 is 27.7 Å². The third-order valence-electron chi connectivity index (χ3n) is 9.24. The normalized spacial score (nSPS) is 20.1. The van der Waals surface area contributed by atoms with Crippen LogP contribution < -0.4 is 5.32 Å². The zero-order valence-electron chi connectivity index (χ0n) is 26.0. The number of amidine groups is 1. The van der Waals surface area contributed by atoms with Gasteiger partial charge in [0.1, 0.15) is 11.4 Å². The van der Waals surface area contributed by atoms with Crippen LogP contribution in [0.25, 0.3) is 5.32 Å². The Morgan fingerprint density at radius 3 is 2.45 bits per heavy atom. The molecule has 0 atom stereocenters. The van der Waals surface area contributed by atoms with E-state index in [-0.39, 0.29) is 55.4 Å². The van der Waals surface area contributed by atoms with E-state index in [1.165, 1.54) is 16.4 Å². The number of carbonyl (C=O) groups excluding carboxylic acids is 2. The van der Waals surface area contributed by atoms with E-state index < -0.39 is 33.2 Å². The van der Waals surface area contributed by atoms with E-state index in [9.17, 15) is 31.2 Å². The lowest BCUT2D eigenvalue weighted by Crippen LogP contribution is -2.50. The molecule has 4 aliphatic heterocycles. The number of sulfonamides is 1. The largest absolute Gasteiger partial charge is 0.465 e. The van der Waals surface area contributed by atoms with Crippen LogP contribution in [0, 0.1) is 6.92 Å². The Morgan fingerprint density at radius 2 is 1.79 bits per heavy atom. The molecular formula is C33H36F3N6O4S-. The summed E-state index contributed by atoms with van der Waals surface area (Å²) in [6.07, 6.45) is 1.93. The van der Waals surface area contributed by atoms with E-state index in [0.717, 1.165) is 29.1 Å². The van der Waals surface area contributed by atoms with E-state index in [4.69, 9.17) is 0 Å². The molecule has 0 saturated carbocycles. The number of nitrogens with zero attached hydrogens (tertiary/aromatic N) is 5. The summed E-state index contributed by atoms with van der Waals surface area (Å²) in [7, 11) is -3.68. The summed E-state index contributed by atoms with van der Waals surface area (Å²) in [4.78, 5) is 34.6. The molecule has 2 aromatic carbocycles. The summed E-state index contributed by atoms with van der Waals surface area (Å²) in [6.45, 7) is 5.25. The van der Waals surface area contributed by atoms with Gasteiger partial charge in [-0.05, 0) is 81.2 Å². The third-order valence-corrected chi connectivity index (χ3v) is 11.1. The van der Waals surface area contributed by atoms with Gasteiger partial charge in [-0.25, -0.2) is 12.7 Å². The Hall–Kier alpha value is -4.17.